The molecule has 1 heterocycles. The first-order valence-corrected chi connectivity index (χ1v) is 9.91. The number of methoxy groups -OCH3 is 1. The Labute approximate surface area is 166 Å². The molecule has 2 aromatic rings. The van der Waals surface area contributed by atoms with Crippen LogP contribution < -0.4 is 10.2 Å². The van der Waals surface area contributed by atoms with Gasteiger partial charge in [0.05, 0.1) is 25.8 Å². The summed E-state index contributed by atoms with van der Waals surface area (Å²) >= 11 is 0. The van der Waals surface area contributed by atoms with E-state index in [1.807, 2.05) is 13.0 Å². The van der Waals surface area contributed by atoms with Crippen molar-refractivity contribution >= 4 is 17.6 Å². The number of quaternary nitrogens is 1. The Morgan fingerprint density at radius 3 is 2.50 bits per heavy atom. The van der Waals surface area contributed by atoms with Crippen LogP contribution >= 0.6 is 0 Å². The van der Waals surface area contributed by atoms with Gasteiger partial charge in [0.2, 0.25) is 0 Å². The van der Waals surface area contributed by atoms with Crippen LogP contribution in [0.3, 0.4) is 0 Å². The second-order valence-electron chi connectivity index (χ2n) is 7.63. The molecule has 0 atom stereocenters. The summed E-state index contributed by atoms with van der Waals surface area (Å²) in [5.41, 5.74) is 3.44. The van der Waals surface area contributed by atoms with E-state index in [4.69, 9.17) is 4.74 Å². The molecule has 0 unspecified atom stereocenters. The first kappa shape index (κ1) is 20.1. The number of benzene rings is 2. The highest BCUT2D eigenvalue weighted by molar-refractivity contribution is 5.95. The Balaban J connectivity index is 1.49. The van der Waals surface area contributed by atoms with Gasteiger partial charge in [0, 0.05) is 5.69 Å². The zero-order valence-corrected chi connectivity index (χ0v) is 16.7. The van der Waals surface area contributed by atoms with Crippen molar-refractivity contribution in [2.24, 2.45) is 5.92 Å². The van der Waals surface area contributed by atoms with Gasteiger partial charge in [-0.05, 0) is 55.4 Å². The highest BCUT2D eigenvalue weighted by Gasteiger charge is 2.24. The predicted octanol–water partition coefficient (Wildman–Crippen LogP) is 2.26. The summed E-state index contributed by atoms with van der Waals surface area (Å²) < 4.78 is 4.75. The number of aryl methyl sites for hydroxylation is 1. The third-order valence-electron chi connectivity index (χ3n) is 5.52. The molecule has 1 aliphatic rings. The molecule has 1 aliphatic heterocycles. The number of hydrogen-bond donors (Lipinski definition) is 2. The van der Waals surface area contributed by atoms with Gasteiger partial charge in [-0.25, -0.2) is 4.79 Å². The summed E-state index contributed by atoms with van der Waals surface area (Å²) in [6.07, 6.45) is 3.42. The second kappa shape index (κ2) is 9.51. The third-order valence-corrected chi connectivity index (χ3v) is 5.52. The molecule has 2 aromatic carbocycles. The van der Waals surface area contributed by atoms with Gasteiger partial charge in [-0.3, -0.25) is 4.79 Å². The molecule has 3 rings (SSSR count). The topological polar surface area (TPSA) is 59.8 Å². The van der Waals surface area contributed by atoms with Crippen LogP contribution in [0.2, 0.25) is 0 Å². The molecule has 0 bridgehead atoms. The largest absolute Gasteiger partial charge is 0.465 e. The molecule has 5 heteroatoms. The fourth-order valence-corrected chi connectivity index (χ4v) is 3.84. The minimum absolute atomic E-state index is 0.0124. The van der Waals surface area contributed by atoms with E-state index in [0.717, 1.165) is 37.9 Å². The first-order chi connectivity index (χ1) is 13.5. The number of likely N-dealkylation sites (tertiary alicyclic amines) is 1. The normalized spacial score (nSPS) is 19.1. The Morgan fingerprint density at radius 2 is 1.82 bits per heavy atom. The summed E-state index contributed by atoms with van der Waals surface area (Å²) in [4.78, 5) is 25.5. The number of ether oxygens (including phenoxy) is 1. The fraction of sp³-hybridized carbons (Fsp3) is 0.391. The van der Waals surface area contributed by atoms with Crippen LogP contribution in [0.15, 0.2) is 48.5 Å². The van der Waals surface area contributed by atoms with Crippen LogP contribution in [-0.4, -0.2) is 38.6 Å². The molecule has 28 heavy (non-hydrogen) atoms. The van der Waals surface area contributed by atoms with Gasteiger partial charge in [-0.15, -0.1) is 0 Å². The highest BCUT2D eigenvalue weighted by atomic mass is 16.5. The Kier molecular flexibility index (Phi) is 6.82. The van der Waals surface area contributed by atoms with Gasteiger partial charge in [-0.2, -0.15) is 0 Å². The molecule has 0 radical (unpaired) electrons. The van der Waals surface area contributed by atoms with Crippen LogP contribution in [0.25, 0.3) is 0 Å². The first-order valence-electron chi connectivity index (χ1n) is 9.91. The van der Waals surface area contributed by atoms with E-state index < -0.39 is 5.97 Å². The van der Waals surface area contributed by atoms with Gasteiger partial charge in [0.15, 0.2) is 6.54 Å². The molecule has 5 nitrogen and oxygen atoms in total. The van der Waals surface area contributed by atoms with E-state index in [9.17, 15) is 9.59 Å². The van der Waals surface area contributed by atoms with E-state index in [1.54, 1.807) is 12.1 Å². The molecule has 148 valence electrons. The van der Waals surface area contributed by atoms with E-state index in [-0.39, 0.29) is 5.91 Å². The number of nitrogens with one attached hydrogen (secondary N) is 2. The quantitative estimate of drug-likeness (QED) is 0.755. The molecule has 1 fully saturated rings. The lowest BCUT2D eigenvalue weighted by molar-refractivity contribution is -0.898. The van der Waals surface area contributed by atoms with Gasteiger partial charge in [-0.1, -0.05) is 36.4 Å². The number of rotatable bonds is 6. The summed E-state index contributed by atoms with van der Waals surface area (Å²) in [5.74, 6) is 0.288. The van der Waals surface area contributed by atoms with Gasteiger partial charge in [0.25, 0.3) is 5.91 Å². The zero-order chi connectivity index (χ0) is 19.9. The Bertz CT molecular complexity index is 812. The van der Waals surface area contributed by atoms with Crippen molar-refractivity contribution in [3.05, 3.63) is 65.2 Å². The number of anilines is 1. The summed E-state index contributed by atoms with van der Waals surface area (Å²) in [6.45, 7) is 4.41. The van der Waals surface area contributed by atoms with Gasteiger partial charge in [0.1, 0.15) is 0 Å². The molecular formula is C23H29N2O3+. The number of esters is 1. The lowest BCUT2D eigenvalue weighted by atomic mass is 9.90. The van der Waals surface area contributed by atoms with Crippen molar-refractivity contribution < 1.29 is 19.2 Å². The molecular weight excluding hydrogens is 352 g/mol. The van der Waals surface area contributed by atoms with Crippen LogP contribution in [0.1, 0.15) is 34.3 Å². The highest BCUT2D eigenvalue weighted by Crippen LogP contribution is 2.18. The maximum absolute atomic E-state index is 12.5. The predicted molar refractivity (Wildman–Crippen MR) is 110 cm³/mol. The van der Waals surface area contributed by atoms with Crippen molar-refractivity contribution in [2.75, 3.05) is 32.1 Å². The Morgan fingerprint density at radius 1 is 1.11 bits per heavy atom. The van der Waals surface area contributed by atoms with E-state index >= 15 is 0 Å². The Hall–Kier alpha value is -2.66. The molecule has 0 saturated carbocycles. The molecule has 0 aliphatic carbocycles. The maximum atomic E-state index is 12.5. The minimum atomic E-state index is -0.401. The zero-order valence-electron chi connectivity index (χ0n) is 16.7. The third kappa shape index (κ3) is 5.42. The van der Waals surface area contributed by atoms with Crippen LogP contribution in [-0.2, 0) is 16.0 Å². The van der Waals surface area contributed by atoms with Crippen LogP contribution in [0.4, 0.5) is 5.69 Å². The van der Waals surface area contributed by atoms with Crippen molar-refractivity contribution in [3.63, 3.8) is 0 Å². The SMILES string of the molecule is COC(=O)c1ccc(C)c(NC(=O)C[NH+]2CCC(Cc3ccccc3)CC2)c1. The average molecular weight is 381 g/mol. The molecule has 1 amide bonds. The smallest absolute Gasteiger partial charge is 0.337 e. The number of carbonyl (C=O) groups excluding carboxylic acids is 2. The second-order valence-corrected chi connectivity index (χ2v) is 7.63. The number of hydrogen-bond acceptors (Lipinski definition) is 3. The number of amides is 1. The standard InChI is InChI=1S/C23H28N2O3/c1-17-8-9-20(23(27)28-2)15-21(17)24-22(26)16-25-12-10-19(11-13-25)14-18-6-4-3-5-7-18/h3-9,15,19H,10-14,16H2,1-2H3,(H,24,26)/p+1. The lowest BCUT2D eigenvalue weighted by Gasteiger charge is -2.29. The average Bonchev–Trinajstić information content (AvgIpc) is 2.71. The molecule has 0 spiro atoms. The molecule has 1 saturated heterocycles. The number of piperidine rings is 1. The summed E-state index contributed by atoms with van der Waals surface area (Å²) in [5, 5.41) is 2.96. The lowest BCUT2D eigenvalue weighted by Crippen LogP contribution is -3.14. The maximum Gasteiger partial charge on any atom is 0.337 e. The van der Waals surface area contributed by atoms with Crippen LogP contribution in [0.5, 0.6) is 0 Å². The molecule has 2 N–H and O–H groups in total. The van der Waals surface area contributed by atoms with Gasteiger partial charge < -0.3 is 15.0 Å². The van der Waals surface area contributed by atoms with Crippen LogP contribution in [0, 0.1) is 12.8 Å². The molecule has 0 aromatic heterocycles. The fourth-order valence-electron chi connectivity index (χ4n) is 3.84. The van der Waals surface area contributed by atoms with Crippen molar-refractivity contribution in [1.82, 2.24) is 0 Å². The minimum Gasteiger partial charge on any atom is -0.465 e. The van der Waals surface area contributed by atoms with E-state index in [2.05, 4.69) is 35.6 Å². The monoisotopic (exact) mass is 381 g/mol. The van der Waals surface area contributed by atoms with E-state index in [0.29, 0.717) is 23.7 Å². The van der Waals surface area contributed by atoms with Gasteiger partial charge >= 0.3 is 5.97 Å². The van der Waals surface area contributed by atoms with Crippen molar-refractivity contribution in [1.29, 1.82) is 0 Å². The van der Waals surface area contributed by atoms with Crippen molar-refractivity contribution in [3.8, 4) is 0 Å². The summed E-state index contributed by atoms with van der Waals surface area (Å²) in [7, 11) is 1.35. The van der Waals surface area contributed by atoms with E-state index in [1.165, 1.54) is 17.6 Å². The number of carbonyl (C=O) groups is 2. The summed E-state index contributed by atoms with van der Waals surface area (Å²) in [6, 6.07) is 15.8. The van der Waals surface area contributed by atoms with Crippen molar-refractivity contribution in [2.45, 2.75) is 26.2 Å².